The quantitative estimate of drug-likeness (QED) is 0.873. The molecule has 0 spiro atoms. The fourth-order valence-electron chi connectivity index (χ4n) is 1.86. The Bertz CT molecular complexity index is 663. The second-order valence-corrected chi connectivity index (χ2v) is 5.51. The highest BCUT2D eigenvalue weighted by atomic mass is 32.2. The van der Waals surface area contributed by atoms with Crippen LogP contribution in [0.2, 0.25) is 0 Å². The van der Waals surface area contributed by atoms with Crippen molar-refractivity contribution in [1.82, 2.24) is 0 Å². The zero-order valence-corrected chi connectivity index (χ0v) is 11.2. The van der Waals surface area contributed by atoms with Gasteiger partial charge in [0.1, 0.15) is 10.6 Å². The summed E-state index contributed by atoms with van der Waals surface area (Å²) in [7, 11) is -2.92. The largest absolute Gasteiger partial charge is 0.495 e. The van der Waals surface area contributed by atoms with E-state index in [1.165, 1.54) is 13.2 Å². The summed E-state index contributed by atoms with van der Waals surface area (Å²) in [6.45, 7) is 0. The van der Waals surface area contributed by atoms with E-state index in [9.17, 15) is 13.0 Å². The van der Waals surface area contributed by atoms with Gasteiger partial charge in [-0.1, -0.05) is 36.4 Å². The van der Waals surface area contributed by atoms with Crippen LogP contribution >= 0.6 is 0 Å². The van der Waals surface area contributed by atoms with Gasteiger partial charge in [0.2, 0.25) is 0 Å². The second kappa shape index (κ2) is 5.42. The van der Waals surface area contributed by atoms with E-state index in [0.717, 1.165) is 11.1 Å². The van der Waals surface area contributed by atoms with Crippen molar-refractivity contribution in [2.45, 2.75) is 11.3 Å². The molecule has 1 N–H and O–H groups in total. The third-order valence-corrected chi connectivity index (χ3v) is 3.63. The van der Waals surface area contributed by atoms with Crippen molar-refractivity contribution in [1.29, 1.82) is 0 Å². The standard InChI is InChI=1S/C14H14O4S/c1-18-13-8-7-12(10-14(13)19(15,16)17)9-11-5-3-2-4-6-11/h2-8,10H,9H2,1H3,(H,15,16,17). The fourth-order valence-corrected chi connectivity index (χ4v) is 2.57. The van der Waals surface area contributed by atoms with Crippen molar-refractivity contribution >= 4 is 10.1 Å². The number of benzene rings is 2. The normalized spacial score (nSPS) is 11.3. The first-order valence-corrected chi connectivity index (χ1v) is 7.13. The first-order chi connectivity index (χ1) is 9.00. The van der Waals surface area contributed by atoms with E-state index < -0.39 is 10.1 Å². The molecule has 0 saturated heterocycles. The Morgan fingerprint density at radius 1 is 1.05 bits per heavy atom. The predicted octanol–water partition coefficient (Wildman–Crippen LogP) is 2.53. The van der Waals surface area contributed by atoms with Gasteiger partial charge in [-0.15, -0.1) is 0 Å². The van der Waals surface area contributed by atoms with Gasteiger partial charge in [-0.25, -0.2) is 0 Å². The highest BCUT2D eigenvalue weighted by Gasteiger charge is 2.16. The minimum Gasteiger partial charge on any atom is -0.495 e. The van der Waals surface area contributed by atoms with Crippen LogP contribution < -0.4 is 4.74 Å². The molecule has 0 heterocycles. The molecule has 2 aromatic carbocycles. The van der Waals surface area contributed by atoms with Gasteiger partial charge in [-0.2, -0.15) is 8.42 Å². The van der Waals surface area contributed by atoms with Crippen LogP contribution in [0.1, 0.15) is 11.1 Å². The summed E-state index contributed by atoms with van der Waals surface area (Å²) in [4.78, 5) is -0.205. The van der Waals surface area contributed by atoms with Gasteiger partial charge in [0.15, 0.2) is 0 Å². The van der Waals surface area contributed by atoms with Crippen LogP contribution in [-0.4, -0.2) is 20.1 Å². The number of hydrogen-bond acceptors (Lipinski definition) is 3. The third-order valence-electron chi connectivity index (χ3n) is 2.76. The lowest BCUT2D eigenvalue weighted by atomic mass is 10.1. The zero-order chi connectivity index (χ0) is 13.9. The maximum atomic E-state index is 11.3. The van der Waals surface area contributed by atoms with Crippen molar-refractivity contribution in [2.75, 3.05) is 7.11 Å². The van der Waals surface area contributed by atoms with E-state index in [0.29, 0.717) is 6.42 Å². The zero-order valence-electron chi connectivity index (χ0n) is 10.4. The minimum atomic E-state index is -4.29. The van der Waals surface area contributed by atoms with Gasteiger partial charge < -0.3 is 4.74 Å². The number of ether oxygens (including phenoxy) is 1. The lowest BCUT2D eigenvalue weighted by molar-refractivity contribution is 0.397. The van der Waals surface area contributed by atoms with E-state index >= 15 is 0 Å². The third kappa shape index (κ3) is 3.33. The Kier molecular flexibility index (Phi) is 3.87. The van der Waals surface area contributed by atoms with Crippen LogP contribution in [0.15, 0.2) is 53.4 Å². The maximum absolute atomic E-state index is 11.3. The van der Waals surface area contributed by atoms with Gasteiger partial charge >= 0.3 is 0 Å². The van der Waals surface area contributed by atoms with Gasteiger partial charge in [0.25, 0.3) is 10.1 Å². The van der Waals surface area contributed by atoms with Crippen LogP contribution in [0.25, 0.3) is 0 Å². The van der Waals surface area contributed by atoms with Crippen LogP contribution in [-0.2, 0) is 16.5 Å². The van der Waals surface area contributed by atoms with Gasteiger partial charge in [0.05, 0.1) is 7.11 Å². The molecule has 0 unspecified atom stereocenters. The van der Waals surface area contributed by atoms with Crippen LogP contribution in [0.4, 0.5) is 0 Å². The summed E-state index contributed by atoms with van der Waals surface area (Å²) in [6.07, 6.45) is 0.591. The van der Waals surface area contributed by atoms with E-state index in [1.54, 1.807) is 12.1 Å². The van der Waals surface area contributed by atoms with Crippen LogP contribution in [0.5, 0.6) is 5.75 Å². The van der Waals surface area contributed by atoms with Crippen molar-refractivity contribution < 1.29 is 17.7 Å². The number of rotatable bonds is 4. The predicted molar refractivity (Wildman–Crippen MR) is 72.1 cm³/mol. The molecule has 0 bridgehead atoms. The molecule has 2 aromatic rings. The molecule has 19 heavy (non-hydrogen) atoms. The lowest BCUT2D eigenvalue weighted by Gasteiger charge is -2.08. The Labute approximate surface area is 112 Å². The average molecular weight is 278 g/mol. The minimum absolute atomic E-state index is 0.138. The molecule has 0 amide bonds. The summed E-state index contributed by atoms with van der Waals surface area (Å²) in [6, 6.07) is 14.4. The van der Waals surface area contributed by atoms with Gasteiger partial charge in [-0.3, -0.25) is 4.55 Å². The van der Waals surface area contributed by atoms with Crippen LogP contribution in [0, 0.1) is 0 Å². The molecule has 0 saturated carbocycles. The van der Waals surface area contributed by atoms with Crippen molar-refractivity contribution in [3.8, 4) is 5.75 Å². The van der Waals surface area contributed by atoms with E-state index in [4.69, 9.17) is 4.74 Å². The number of methoxy groups -OCH3 is 1. The monoisotopic (exact) mass is 278 g/mol. The Morgan fingerprint density at radius 3 is 2.32 bits per heavy atom. The Hall–Kier alpha value is -1.85. The molecule has 0 atom stereocenters. The molecule has 5 heteroatoms. The molecule has 0 aliphatic rings. The Balaban J connectivity index is 2.39. The summed E-state index contributed by atoms with van der Waals surface area (Å²) in [5.74, 6) is 0.138. The topological polar surface area (TPSA) is 63.6 Å². The smallest absolute Gasteiger partial charge is 0.298 e. The summed E-state index contributed by atoms with van der Waals surface area (Å²) < 4.78 is 36.7. The van der Waals surface area contributed by atoms with Crippen LogP contribution in [0.3, 0.4) is 0 Å². The molecule has 0 fully saturated rings. The molecule has 0 radical (unpaired) electrons. The second-order valence-electron chi connectivity index (χ2n) is 4.12. The van der Waals surface area contributed by atoms with E-state index in [2.05, 4.69) is 0 Å². The molecular formula is C14H14O4S. The summed E-state index contributed by atoms with van der Waals surface area (Å²) >= 11 is 0. The lowest BCUT2D eigenvalue weighted by Crippen LogP contribution is -2.02. The highest BCUT2D eigenvalue weighted by molar-refractivity contribution is 7.86. The SMILES string of the molecule is COc1ccc(Cc2ccccc2)cc1S(=O)(=O)O. The molecule has 0 aliphatic heterocycles. The van der Waals surface area contributed by atoms with Crippen molar-refractivity contribution in [3.05, 3.63) is 59.7 Å². The first-order valence-electron chi connectivity index (χ1n) is 5.69. The summed E-state index contributed by atoms with van der Waals surface area (Å²) in [5.41, 5.74) is 1.86. The molecular weight excluding hydrogens is 264 g/mol. The Morgan fingerprint density at radius 2 is 1.74 bits per heavy atom. The fraction of sp³-hybridized carbons (Fsp3) is 0.143. The highest BCUT2D eigenvalue weighted by Crippen LogP contribution is 2.25. The van der Waals surface area contributed by atoms with Crippen molar-refractivity contribution in [2.24, 2.45) is 0 Å². The van der Waals surface area contributed by atoms with E-state index in [-0.39, 0.29) is 10.6 Å². The first kappa shape index (κ1) is 13.6. The van der Waals surface area contributed by atoms with Gasteiger partial charge in [-0.05, 0) is 29.7 Å². The molecule has 0 aromatic heterocycles. The number of hydrogen-bond donors (Lipinski definition) is 1. The van der Waals surface area contributed by atoms with Gasteiger partial charge in [0, 0.05) is 0 Å². The molecule has 0 aliphatic carbocycles. The maximum Gasteiger partial charge on any atom is 0.298 e. The average Bonchev–Trinajstić information content (AvgIpc) is 2.39. The molecule has 100 valence electrons. The summed E-state index contributed by atoms with van der Waals surface area (Å²) in [5, 5.41) is 0. The molecule has 4 nitrogen and oxygen atoms in total. The molecule has 2 rings (SSSR count). The van der Waals surface area contributed by atoms with Crippen molar-refractivity contribution in [3.63, 3.8) is 0 Å². The van der Waals surface area contributed by atoms with E-state index in [1.807, 2.05) is 30.3 Å².